The summed E-state index contributed by atoms with van der Waals surface area (Å²) in [5.74, 6) is -0.554. The highest BCUT2D eigenvalue weighted by atomic mass is 16.5. The molecule has 1 aromatic heterocycles. The van der Waals surface area contributed by atoms with Crippen LogP contribution in [-0.4, -0.2) is 35.2 Å². The molecule has 0 aliphatic carbocycles. The molecule has 104 valence electrons. The Morgan fingerprint density at radius 3 is 2.68 bits per heavy atom. The molecule has 0 saturated heterocycles. The average molecular weight is 265 g/mol. The highest BCUT2D eigenvalue weighted by molar-refractivity contribution is 5.95. The number of hydrogen-bond donors (Lipinski definition) is 1. The Hall–Kier alpha value is -1.98. The molecule has 0 atom stereocenters. The van der Waals surface area contributed by atoms with E-state index in [-0.39, 0.29) is 24.8 Å². The molecule has 0 saturated carbocycles. The number of amides is 1. The van der Waals surface area contributed by atoms with E-state index in [1.54, 1.807) is 19.9 Å². The highest BCUT2D eigenvalue weighted by Crippen LogP contribution is 2.07. The molecular weight excluding hydrogens is 246 g/mol. The number of ether oxygens (including phenoxy) is 1. The fourth-order valence-electron chi connectivity index (χ4n) is 1.58. The molecule has 1 heterocycles. The minimum Gasteiger partial charge on any atom is -0.466 e. The summed E-state index contributed by atoms with van der Waals surface area (Å²) in [6, 6.07) is 1.70. The van der Waals surface area contributed by atoms with Crippen molar-refractivity contribution in [2.75, 3.05) is 13.2 Å². The van der Waals surface area contributed by atoms with Gasteiger partial charge in [0.2, 0.25) is 0 Å². The summed E-state index contributed by atoms with van der Waals surface area (Å²) in [7, 11) is 0. The fraction of sp³-hybridized carbons (Fsp3) is 0.538. The third-order valence-corrected chi connectivity index (χ3v) is 2.49. The minimum atomic E-state index is -0.317. The number of nitrogens with zero attached hydrogens (tertiary/aromatic N) is 2. The SMILES string of the molecule is CCOC(=O)CCNC(=O)c1cc(C)nnc1CC. The van der Waals surface area contributed by atoms with E-state index in [4.69, 9.17) is 4.74 Å². The van der Waals surface area contributed by atoms with Crippen molar-refractivity contribution in [1.82, 2.24) is 15.5 Å². The van der Waals surface area contributed by atoms with E-state index in [1.165, 1.54) is 0 Å². The van der Waals surface area contributed by atoms with Gasteiger partial charge in [-0.15, -0.1) is 0 Å². The number of hydrogen-bond acceptors (Lipinski definition) is 5. The molecule has 1 aromatic rings. The van der Waals surface area contributed by atoms with Gasteiger partial charge in [-0.25, -0.2) is 0 Å². The third-order valence-electron chi connectivity index (χ3n) is 2.49. The highest BCUT2D eigenvalue weighted by Gasteiger charge is 2.13. The number of rotatable bonds is 6. The van der Waals surface area contributed by atoms with Crippen LogP contribution in [0, 0.1) is 6.92 Å². The van der Waals surface area contributed by atoms with E-state index in [2.05, 4.69) is 15.5 Å². The second kappa shape index (κ2) is 7.45. The van der Waals surface area contributed by atoms with Crippen molar-refractivity contribution in [3.63, 3.8) is 0 Å². The van der Waals surface area contributed by atoms with Gasteiger partial charge in [-0.1, -0.05) is 6.92 Å². The predicted octanol–water partition coefficient (Wildman–Crippen LogP) is 1.03. The quantitative estimate of drug-likeness (QED) is 0.777. The van der Waals surface area contributed by atoms with Crippen molar-refractivity contribution in [3.05, 3.63) is 23.0 Å². The first-order valence-corrected chi connectivity index (χ1v) is 6.35. The number of aryl methyl sites for hydroxylation is 2. The van der Waals surface area contributed by atoms with Crippen molar-refractivity contribution >= 4 is 11.9 Å². The lowest BCUT2D eigenvalue weighted by Gasteiger charge is -2.08. The zero-order chi connectivity index (χ0) is 14.3. The monoisotopic (exact) mass is 265 g/mol. The first-order chi connectivity index (χ1) is 9.08. The van der Waals surface area contributed by atoms with Gasteiger partial charge in [-0.2, -0.15) is 10.2 Å². The molecule has 1 rings (SSSR count). The molecule has 0 bridgehead atoms. The molecule has 6 nitrogen and oxygen atoms in total. The molecule has 0 aromatic carbocycles. The molecule has 0 fully saturated rings. The summed E-state index contributed by atoms with van der Waals surface area (Å²) in [4.78, 5) is 23.1. The lowest BCUT2D eigenvalue weighted by Crippen LogP contribution is -2.28. The Balaban J connectivity index is 2.58. The van der Waals surface area contributed by atoms with Crippen LogP contribution in [0.2, 0.25) is 0 Å². The average Bonchev–Trinajstić information content (AvgIpc) is 2.38. The summed E-state index contributed by atoms with van der Waals surface area (Å²) < 4.78 is 4.78. The van der Waals surface area contributed by atoms with Gasteiger partial charge in [0.1, 0.15) is 0 Å². The van der Waals surface area contributed by atoms with E-state index in [0.29, 0.717) is 30.0 Å². The summed E-state index contributed by atoms with van der Waals surface area (Å²) in [5.41, 5.74) is 1.85. The second-order valence-corrected chi connectivity index (χ2v) is 4.01. The smallest absolute Gasteiger partial charge is 0.307 e. The van der Waals surface area contributed by atoms with E-state index >= 15 is 0 Å². The Morgan fingerprint density at radius 1 is 1.32 bits per heavy atom. The van der Waals surface area contributed by atoms with Crippen molar-refractivity contribution < 1.29 is 14.3 Å². The first kappa shape index (κ1) is 15.1. The number of nitrogens with one attached hydrogen (secondary N) is 1. The zero-order valence-electron chi connectivity index (χ0n) is 11.5. The third kappa shape index (κ3) is 4.65. The zero-order valence-corrected chi connectivity index (χ0v) is 11.5. The molecule has 0 aliphatic rings. The van der Waals surface area contributed by atoms with E-state index in [0.717, 1.165) is 0 Å². The van der Waals surface area contributed by atoms with Crippen LogP contribution in [0.4, 0.5) is 0 Å². The van der Waals surface area contributed by atoms with Gasteiger partial charge >= 0.3 is 5.97 Å². The largest absolute Gasteiger partial charge is 0.466 e. The molecular formula is C13H19N3O3. The molecule has 19 heavy (non-hydrogen) atoms. The fourth-order valence-corrected chi connectivity index (χ4v) is 1.58. The molecule has 1 amide bonds. The number of esters is 1. The summed E-state index contributed by atoms with van der Waals surface area (Å²) in [6.45, 7) is 6.04. The van der Waals surface area contributed by atoms with Crippen molar-refractivity contribution in [1.29, 1.82) is 0 Å². The second-order valence-electron chi connectivity index (χ2n) is 4.01. The van der Waals surface area contributed by atoms with Crippen LogP contribution in [0.5, 0.6) is 0 Å². The van der Waals surface area contributed by atoms with Gasteiger partial charge in [-0.05, 0) is 26.3 Å². The topological polar surface area (TPSA) is 81.2 Å². The molecule has 0 aliphatic heterocycles. The first-order valence-electron chi connectivity index (χ1n) is 6.35. The maximum absolute atomic E-state index is 12.0. The Labute approximate surface area is 112 Å². The van der Waals surface area contributed by atoms with Crippen LogP contribution < -0.4 is 5.32 Å². The maximum atomic E-state index is 12.0. The van der Waals surface area contributed by atoms with E-state index < -0.39 is 0 Å². The molecule has 0 spiro atoms. The molecule has 1 N–H and O–H groups in total. The summed E-state index contributed by atoms with van der Waals surface area (Å²) in [5, 5.41) is 10.6. The number of aromatic nitrogens is 2. The molecule has 0 radical (unpaired) electrons. The van der Waals surface area contributed by atoms with Gasteiger partial charge < -0.3 is 10.1 Å². The van der Waals surface area contributed by atoms with Gasteiger partial charge in [0.25, 0.3) is 5.91 Å². The van der Waals surface area contributed by atoms with Crippen molar-refractivity contribution in [3.8, 4) is 0 Å². The lowest BCUT2D eigenvalue weighted by molar-refractivity contribution is -0.142. The minimum absolute atomic E-state index is 0.165. The molecule has 0 unspecified atom stereocenters. The maximum Gasteiger partial charge on any atom is 0.307 e. The van der Waals surface area contributed by atoms with Crippen molar-refractivity contribution in [2.45, 2.75) is 33.6 Å². The van der Waals surface area contributed by atoms with Crippen molar-refractivity contribution in [2.24, 2.45) is 0 Å². The van der Waals surface area contributed by atoms with Crippen LogP contribution in [0.1, 0.15) is 42.0 Å². The van der Waals surface area contributed by atoms with Crippen LogP contribution >= 0.6 is 0 Å². The summed E-state index contributed by atoms with van der Waals surface area (Å²) >= 11 is 0. The van der Waals surface area contributed by atoms with E-state index in [9.17, 15) is 9.59 Å². The van der Waals surface area contributed by atoms with Crippen LogP contribution in [0.15, 0.2) is 6.07 Å². The molecule has 6 heteroatoms. The van der Waals surface area contributed by atoms with Gasteiger partial charge in [-0.3, -0.25) is 9.59 Å². The van der Waals surface area contributed by atoms with E-state index in [1.807, 2.05) is 6.92 Å². The van der Waals surface area contributed by atoms with Crippen LogP contribution in [0.25, 0.3) is 0 Å². The Kier molecular flexibility index (Phi) is 5.92. The van der Waals surface area contributed by atoms with Gasteiger partial charge in [0, 0.05) is 6.54 Å². The Bertz CT molecular complexity index is 460. The van der Waals surface area contributed by atoms with Crippen LogP contribution in [0.3, 0.4) is 0 Å². The predicted molar refractivity (Wildman–Crippen MR) is 69.7 cm³/mol. The van der Waals surface area contributed by atoms with Gasteiger partial charge in [0.15, 0.2) is 0 Å². The van der Waals surface area contributed by atoms with Gasteiger partial charge in [0.05, 0.1) is 30.0 Å². The Morgan fingerprint density at radius 2 is 2.05 bits per heavy atom. The summed E-state index contributed by atoms with van der Waals surface area (Å²) in [6.07, 6.45) is 0.798. The van der Waals surface area contributed by atoms with Crippen LogP contribution in [-0.2, 0) is 16.0 Å². The number of carbonyl (C=O) groups is 2. The lowest BCUT2D eigenvalue weighted by atomic mass is 10.1. The standard InChI is InChI=1S/C13H19N3O3/c1-4-11-10(8-9(3)15-16-11)13(18)14-7-6-12(17)19-5-2/h8H,4-7H2,1-3H3,(H,14,18). The number of carbonyl (C=O) groups excluding carboxylic acids is 2. The normalized spacial score (nSPS) is 10.1.